The molecule has 0 spiro atoms. The fourth-order valence-corrected chi connectivity index (χ4v) is 3.11. The number of pyridine rings is 1. The van der Waals surface area contributed by atoms with E-state index >= 15 is 0 Å². The van der Waals surface area contributed by atoms with Crippen molar-refractivity contribution in [2.75, 3.05) is 12.4 Å². The van der Waals surface area contributed by atoms with E-state index in [-0.39, 0.29) is 0 Å². The molecule has 5 nitrogen and oxygen atoms in total. The van der Waals surface area contributed by atoms with Crippen LogP contribution in [0.2, 0.25) is 0 Å². The number of para-hydroxylation sites is 1. The number of ether oxygens (including phenoxy) is 1. The van der Waals surface area contributed by atoms with Crippen LogP contribution >= 0.6 is 0 Å². The Morgan fingerprint density at radius 3 is 2.58 bits per heavy atom. The minimum Gasteiger partial charge on any atom is -0.496 e. The lowest BCUT2D eigenvalue weighted by Crippen LogP contribution is -2.00. The van der Waals surface area contributed by atoms with Gasteiger partial charge in [-0.25, -0.2) is 4.98 Å². The molecule has 4 aromatic rings. The fourth-order valence-electron chi connectivity index (χ4n) is 3.11. The number of nitrogens with one attached hydrogen (secondary N) is 1. The molecule has 2 aromatic heterocycles. The minimum absolute atomic E-state index is 0.644. The van der Waals surface area contributed by atoms with Gasteiger partial charge in [0, 0.05) is 22.9 Å². The third kappa shape index (κ3) is 2.69. The molecule has 0 atom stereocenters. The van der Waals surface area contributed by atoms with Gasteiger partial charge in [0.1, 0.15) is 5.75 Å². The molecule has 0 fully saturated rings. The predicted octanol–water partition coefficient (Wildman–Crippen LogP) is 4.25. The lowest BCUT2D eigenvalue weighted by atomic mass is 10.1. The van der Waals surface area contributed by atoms with Gasteiger partial charge in [0.25, 0.3) is 0 Å². The highest BCUT2D eigenvalue weighted by Crippen LogP contribution is 2.34. The largest absolute Gasteiger partial charge is 0.496 e. The van der Waals surface area contributed by atoms with Crippen molar-refractivity contribution in [1.82, 2.24) is 9.38 Å². The first-order chi connectivity index (χ1) is 12.8. The van der Waals surface area contributed by atoms with Crippen LogP contribution in [0.25, 0.3) is 28.0 Å². The summed E-state index contributed by atoms with van der Waals surface area (Å²) in [5.74, 6) is 0.769. The summed E-state index contributed by atoms with van der Waals surface area (Å²) in [5, 5.41) is 2.76. The SMILES string of the molecule is COc1ccccc1-c1cc(NC=O)c2ncc(-c3ccccc3)n2c1. The minimum atomic E-state index is 0.644. The molecule has 0 aliphatic rings. The summed E-state index contributed by atoms with van der Waals surface area (Å²) in [4.78, 5) is 15.6. The van der Waals surface area contributed by atoms with E-state index in [1.807, 2.05) is 77.5 Å². The molecular formula is C21H17N3O2. The summed E-state index contributed by atoms with van der Waals surface area (Å²) >= 11 is 0. The van der Waals surface area contributed by atoms with Crippen molar-refractivity contribution in [2.24, 2.45) is 0 Å². The van der Waals surface area contributed by atoms with Crippen molar-refractivity contribution in [1.29, 1.82) is 0 Å². The normalized spacial score (nSPS) is 10.7. The lowest BCUT2D eigenvalue weighted by molar-refractivity contribution is -0.105. The number of anilines is 1. The molecule has 0 saturated heterocycles. The number of nitrogens with zero attached hydrogens (tertiary/aromatic N) is 2. The fraction of sp³-hybridized carbons (Fsp3) is 0.0476. The first-order valence-electron chi connectivity index (χ1n) is 8.22. The number of rotatable bonds is 5. The van der Waals surface area contributed by atoms with Gasteiger partial charge in [0.15, 0.2) is 5.65 Å². The Kier molecular flexibility index (Phi) is 4.11. The van der Waals surface area contributed by atoms with Crippen LogP contribution in [0.4, 0.5) is 5.69 Å². The van der Waals surface area contributed by atoms with E-state index in [9.17, 15) is 4.79 Å². The second kappa shape index (κ2) is 6.72. The molecule has 4 rings (SSSR count). The third-order valence-corrected chi connectivity index (χ3v) is 4.31. The molecule has 0 aliphatic heterocycles. The quantitative estimate of drug-likeness (QED) is 0.551. The first kappa shape index (κ1) is 15.9. The predicted molar refractivity (Wildman–Crippen MR) is 102 cm³/mol. The second-order valence-electron chi connectivity index (χ2n) is 5.81. The van der Waals surface area contributed by atoms with Crippen molar-refractivity contribution in [3.05, 3.63) is 73.1 Å². The van der Waals surface area contributed by atoms with Crippen LogP contribution in [0, 0.1) is 0 Å². The number of fused-ring (bicyclic) bond motifs is 1. The highest BCUT2D eigenvalue weighted by Gasteiger charge is 2.14. The molecule has 0 aliphatic carbocycles. The van der Waals surface area contributed by atoms with Gasteiger partial charge in [0.2, 0.25) is 6.41 Å². The summed E-state index contributed by atoms with van der Waals surface area (Å²) in [5.41, 5.74) is 5.20. The van der Waals surface area contributed by atoms with Crippen LogP contribution in [0.15, 0.2) is 73.1 Å². The summed E-state index contributed by atoms with van der Waals surface area (Å²) in [6.07, 6.45) is 4.49. The molecule has 1 N–H and O–H groups in total. The van der Waals surface area contributed by atoms with Gasteiger partial charge in [-0.2, -0.15) is 0 Å². The van der Waals surface area contributed by atoms with Crippen molar-refractivity contribution < 1.29 is 9.53 Å². The molecule has 2 aromatic carbocycles. The van der Waals surface area contributed by atoms with Gasteiger partial charge in [-0.05, 0) is 12.1 Å². The number of carbonyl (C=O) groups is 1. The lowest BCUT2D eigenvalue weighted by Gasteiger charge is -2.12. The summed E-state index contributed by atoms with van der Waals surface area (Å²) in [6, 6.07) is 19.7. The Morgan fingerprint density at radius 1 is 1.04 bits per heavy atom. The van der Waals surface area contributed by atoms with Crippen molar-refractivity contribution in [2.45, 2.75) is 0 Å². The van der Waals surface area contributed by atoms with Gasteiger partial charge in [-0.3, -0.25) is 9.20 Å². The molecule has 2 heterocycles. The average Bonchev–Trinajstić information content (AvgIpc) is 3.13. The highest BCUT2D eigenvalue weighted by molar-refractivity contribution is 5.86. The summed E-state index contributed by atoms with van der Waals surface area (Å²) in [6.45, 7) is 0. The number of amides is 1. The molecular weight excluding hydrogens is 326 g/mol. The molecule has 0 saturated carbocycles. The third-order valence-electron chi connectivity index (χ3n) is 4.31. The van der Waals surface area contributed by atoms with E-state index in [0.717, 1.165) is 28.1 Å². The number of carbonyl (C=O) groups excluding carboxylic acids is 1. The maximum atomic E-state index is 11.1. The van der Waals surface area contributed by atoms with Crippen molar-refractivity contribution in [3.8, 4) is 28.1 Å². The zero-order chi connectivity index (χ0) is 17.9. The Bertz CT molecular complexity index is 1070. The average molecular weight is 343 g/mol. The smallest absolute Gasteiger partial charge is 0.211 e. The van der Waals surface area contributed by atoms with Crippen LogP contribution in [-0.4, -0.2) is 22.9 Å². The van der Waals surface area contributed by atoms with E-state index < -0.39 is 0 Å². The van der Waals surface area contributed by atoms with E-state index in [0.29, 0.717) is 17.7 Å². The van der Waals surface area contributed by atoms with Gasteiger partial charge in [-0.1, -0.05) is 48.5 Å². The summed E-state index contributed by atoms with van der Waals surface area (Å²) < 4.78 is 7.48. The molecule has 26 heavy (non-hydrogen) atoms. The standard InChI is InChI=1S/C21H17N3O2/c1-26-20-10-6-5-9-17(20)16-11-18(23-14-25)21-22-12-19(24(21)13-16)15-7-3-2-4-8-15/h2-14H,1H3,(H,23,25). The van der Waals surface area contributed by atoms with Gasteiger partial charge in [-0.15, -0.1) is 0 Å². The van der Waals surface area contributed by atoms with Gasteiger partial charge in [0.05, 0.1) is 24.7 Å². The van der Waals surface area contributed by atoms with E-state index in [4.69, 9.17) is 4.74 Å². The van der Waals surface area contributed by atoms with Gasteiger partial charge < -0.3 is 10.1 Å². The van der Waals surface area contributed by atoms with Crippen LogP contribution < -0.4 is 10.1 Å². The summed E-state index contributed by atoms with van der Waals surface area (Å²) in [7, 11) is 1.65. The molecule has 1 amide bonds. The topological polar surface area (TPSA) is 55.6 Å². The molecule has 0 radical (unpaired) electrons. The van der Waals surface area contributed by atoms with E-state index in [1.54, 1.807) is 7.11 Å². The Labute approximate surface area is 150 Å². The van der Waals surface area contributed by atoms with Crippen LogP contribution in [0.3, 0.4) is 0 Å². The number of benzene rings is 2. The van der Waals surface area contributed by atoms with Crippen LogP contribution in [-0.2, 0) is 4.79 Å². The Hall–Kier alpha value is -3.60. The zero-order valence-corrected chi connectivity index (χ0v) is 14.2. The maximum Gasteiger partial charge on any atom is 0.211 e. The molecule has 0 bridgehead atoms. The molecule has 128 valence electrons. The number of hydrogen-bond acceptors (Lipinski definition) is 3. The number of aromatic nitrogens is 2. The molecule has 5 heteroatoms. The molecule has 0 unspecified atom stereocenters. The maximum absolute atomic E-state index is 11.1. The van der Waals surface area contributed by atoms with Crippen molar-refractivity contribution >= 4 is 17.7 Å². The Balaban J connectivity index is 1.99. The van der Waals surface area contributed by atoms with Crippen LogP contribution in [0.1, 0.15) is 0 Å². The number of imidazole rings is 1. The van der Waals surface area contributed by atoms with Gasteiger partial charge >= 0.3 is 0 Å². The monoisotopic (exact) mass is 343 g/mol. The highest BCUT2D eigenvalue weighted by atomic mass is 16.5. The number of methoxy groups -OCH3 is 1. The first-order valence-corrected chi connectivity index (χ1v) is 8.22. The number of hydrogen-bond donors (Lipinski definition) is 1. The Morgan fingerprint density at radius 2 is 1.81 bits per heavy atom. The van der Waals surface area contributed by atoms with E-state index in [2.05, 4.69) is 10.3 Å². The zero-order valence-electron chi connectivity index (χ0n) is 14.2. The second-order valence-corrected chi connectivity index (χ2v) is 5.81. The van der Waals surface area contributed by atoms with E-state index in [1.165, 1.54) is 0 Å². The van der Waals surface area contributed by atoms with Crippen LogP contribution in [0.5, 0.6) is 5.75 Å². The van der Waals surface area contributed by atoms with Crippen molar-refractivity contribution in [3.63, 3.8) is 0 Å².